The van der Waals surface area contributed by atoms with Crippen LogP contribution in [0.3, 0.4) is 0 Å². The maximum Gasteiger partial charge on any atom is 0.270 e. The number of aromatic nitrogens is 2. The fourth-order valence-electron chi connectivity index (χ4n) is 4.01. The third kappa shape index (κ3) is 4.07. The van der Waals surface area contributed by atoms with Crippen LogP contribution in [0.2, 0.25) is 0 Å². The quantitative estimate of drug-likeness (QED) is 0.588. The molecule has 0 radical (unpaired) electrons. The summed E-state index contributed by atoms with van der Waals surface area (Å²) in [6.45, 7) is 13.1. The van der Waals surface area contributed by atoms with Gasteiger partial charge in [-0.05, 0) is 30.1 Å². The van der Waals surface area contributed by atoms with E-state index in [9.17, 15) is 4.79 Å². The van der Waals surface area contributed by atoms with Gasteiger partial charge < -0.3 is 0 Å². The molecule has 0 saturated heterocycles. The molecule has 0 bridgehead atoms. The van der Waals surface area contributed by atoms with Crippen LogP contribution in [0.1, 0.15) is 82.3 Å². The Hall–Kier alpha value is -2.16. The predicted molar refractivity (Wildman–Crippen MR) is 112 cm³/mol. The molecular formula is C24H32N2O. The predicted octanol–water partition coefficient (Wildman–Crippen LogP) is 6.43. The maximum atomic E-state index is 13.1. The average molecular weight is 365 g/mol. The molecule has 0 spiro atoms. The number of rotatable bonds is 3. The van der Waals surface area contributed by atoms with Crippen LogP contribution in [0.15, 0.2) is 42.5 Å². The van der Waals surface area contributed by atoms with Gasteiger partial charge in [-0.1, -0.05) is 78.0 Å². The summed E-state index contributed by atoms with van der Waals surface area (Å²) < 4.78 is 1.69. The summed E-state index contributed by atoms with van der Waals surface area (Å²) in [5, 5.41) is 4.86. The van der Waals surface area contributed by atoms with Gasteiger partial charge in [0.15, 0.2) is 0 Å². The van der Waals surface area contributed by atoms with Crippen molar-refractivity contribution in [3.8, 4) is 11.3 Å². The first-order valence-electron chi connectivity index (χ1n) is 10.1. The Morgan fingerprint density at radius 3 is 2.44 bits per heavy atom. The number of fused-ring (bicyclic) bond motifs is 1. The Morgan fingerprint density at radius 2 is 1.85 bits per heavy atom. The van der Waals surface area contributed by atoms with Gasteiger partial charge in [0.2, 0.25) is 0 Å². The van der Waals surface area contributed by atoms with Crippen LogP contribution in [-0.2, 0) is 0 Å². The highest BCUT2D eigenvalue weighted by atomic mass is 16.2. The molecule has 1 aliphatic carbocycles. The monoisotopic (exact) mass is 364 g/mol. The lowest BCUT2D eigenvalue weighted by Crippen LogP contribution is -2.23. The Bertz CT molecular complexity index is 837. The minimum Gasteiger partial charge on any atom is -0.267 e. The van der Waals surface area contributed by atoms with Gasteiger partial charge in [-0.3, -0.25) is 4.79 Å². The molecule has 0 saturated carbocycles. The zero-order valence-electron chi connectivity index (χ0n) is 17.5. The van der Waals surface area contributed by atoms with Gasteiger partial charge in [-0.15, -0.1) is 0 Å². The Morgan fingerprint density at radius 1 is 1.19 bits per heavy atom. The SMILES string of the molecule is CC(C)[C@H]1CC[C@H](C)c2c(-c3ccccc3)nn(C(=O)/C=C/C(C)(C)C)c21. The average Bonchev–Trinajstić information content (AvgIpc) is 3.01. The van der Waals surface area contributed by atoms with Gasteiger partial charge in [0, 0.05) is 23.1 Å². The number of hydrogen-bond acceptors (Lipinski definition) is 2. The van der Waals surface area contributed by atoms with E-state index in [0.29, 0.717) is 17.8 Å². The number of carbonyl (C=O) groups is 1. The molecule has 0 amide bonds. The lowest BCUT2D eigenvalue weighted by atomic mass is 9.75. The topological polar surface area (TPSA) is 34.9 Å². The molecule has 0 unspecified atom stereocenters. The zero-order chi connectivity index (χ0) is 19.8. The van der Waals surface area contributed by atoms with E-state index in [1.807, 2.05) is 24.3 Å². The van der Waals surface area contributed by atoms with Crippen molar-refractivity contribution in [3.63, 3.8) is 0 Å². The minimum atomic E-state index is -0.0388. The highest BCUT2D eigenvalue weighted by molar-refractivity contribution is 5.91. The summed E-state index contributed by atoms with van der Waals surface area (Å²) in [5.74, 6) is 1.23. The van der Waals surface area contributed by atoms with Gasteiger partial charge in [0.1, 0.15) is 0 Å². The van der Waals surface area contributed by atoms with Crippen LogP contribution >= 0.6 is 0 Å². The van der Waals surface area contributed by atoms with Crippen LogP contribution in [0.4, 0.5) is 0 Å². The number of hydrogen-bond donors (Lipinski definition) is 0. The maximum absolute atomic E-state index is 13.1. The molecule has 1 heterocycles. The normalized spacial score (nSPS) is 20.3. The van der Waals surface area contributed by atoms with Crippen molar-refractivity contribution in [2.24, 2.45) is 11.3 Å². The number of allylic oxidation sites excluding steroid dienone is 2. The second-order valence-corrected chi connectivity index (χ2v) is 9.29. The first-order chi connectivity index (χ1) is 12.7. The van der Waals surface area contributed by atoms with E-state index in [2.05, 4.69) is 53.7 Å². The van der Waals surface area contributed by atoms with Crippen molar-refractivity contribution in [1.82, 2.24) is 9.78 Å². The van der Waals surface area contributed by atoms with E-state index in [4.69, 9.17) is 5.10 Å². The van der Waals surface area contributed by atoms with Crippen molar-refractivity contribution in [2.75, 3.05) is 0 Å². The van der Waals surface area contributed by atoms with Crippen LogP contribution < -0.4 is 0 Å². The van der Waals surface area contributed by atoms with Gasteiger partial charge in [0.05, 0.1) is 11.4 Å². The Balaban J connectivity index is 2.19. The Kier molecular flexibility index (Phi) is 5.41. The largest absolute Gasteiger partial charge is 0.270 e. The molecule has 3 rings (SSSR count). The molecule has 27 heavy (non-hydrogen) atoms. The van der Waals surface area contributed by atoms with Crippen molar-refractivity contribution in [2.45, 2.75) is 66.2 Å². The van der Waals surface area contributed by atoms with Gasteiger partial charge in [-0.25, -0.2) is 4.68 Å². The first kappa shape index (κ1) is 19.6. The molecule has 3 heteroatoms. The highest BCUT2D eigenvalue weighted by Crippen LogP contribution is 2.46. The van der Waals surface area contributed by atoms with Crippen LogP contribution in [0.25, 0.3) is 11.3 Å². The molecule has 3 nitrogen and oxygen atoms in total. The second kappa shape index (κ2) is 7.46. The molecular weight excluding hydrogens is 332 g/mol. The third-order valence-corrected chi connectivity index (χ3v) is 5.50. The summed E-state index contributed by atoms with van der Waals surface area (Å²) in [6.07, 6.45) is 5.93. The lowest BCUT2D eigenvalue weighted by Gasteiger charge is -2.30. The third-order valence-electron chi connectivity index (χ3n) is 5.50. The van der Waals surface area contributed by atoms with Crippen molar-refractivity contribution in [1.29, 1.82) is 0 Å². The van der Waals surface area contributed by atoms with Crippen LogP contribution in [0, 0.1) is 11.3 Å². The summed E-state index contributed by atoms with van der Waals surface area (Å²) in [5.41, 5.74) is 4.43. The second-order valence-electron chi connectivity index (χ2n) is 9.29. The fraction of sp³-hybridized carbons (Fsp3) is 0.500. The molecule has 1 aromatic carbocycles. The molecule has 1 aliphatic rings. The van der Waals surface area contributed by atoms with Crippen molar-refractivity contribution >= 4 is 5.91 Å². The number of carbonyl (C=O) groups excluding carboxylic acids is 1. The van der Waals surface area contributed by atoms with E-state index < -0.39 is 0 Å². The summed E-state index contributed by atoms with van der Waals surface area (Å²) in [7, 11) is 0. The van der Waals surface area contributed by atoms with Gasteiger partial charge >= 0.3 is 0 Å². The van der Waals surface area contributed by atoms with E-state index >= 15 is 0 Å². The smallest absolute Gasteiger partial charge is 0.267 e. The molecule has 0 N–H and O–H groups in total. The minimum absolute atomic E-state index is 0.0319. The zero-order valence-corrected chi connectivity index (χ0v) is 17.5. The van der Waals surface area contributed by atoms with Crippen LogP contribution in [-0.4, -0.2) is 15.7 Å². The first-order valence-corrected chi connectivity index (χ1v) is 10.1. The van der Waals surface area contributed by atoms with E-state index in [1.165, 1.54) is 5.56 Å². The standard InChI is InChI=1S/C24H32N2O/c1-16(2)19-13-12-17(3)21-22(18-10-8-7-9-11-18)25-26(23(19)21)20(27)14-15-24(4,5)6/h7-11,14-17,19H,12-13H2,1-6H3/b15-14+/t17-,19+/m0/s1. The molecule has 1 aromatic heterocycles. The molecule has 0 aliphatic heterocycles. The van der Waals surface area contributed by atoms with E-state index in [-0.39, 0.29) is 11.3 Å². The van der Waals surface area contributed by atoms with E-state index in [1.54, 1.807) is 10.8 Å². The number of nitrogens with zero attached hydrogens (tertiary/aromatic N) is 2. The van der Waals surface area contributed by atoms with E-state index in [0.717, 1.165) is 29.8 Å². The molecule has 144 valence electrons. The molecule has 0 fully saturated rings. The summed E-state index contributed by atoms with van der Waals surface area (Å²) in [6, 6.07) is 10.3. The molecule has 2 atom stereocenters. The van der Waals surface area contributed by atoms with Gasteiger partial charge in [0.25, 0.3) is 5.91 Å². The number of benzene rings is 1. The van der Waals surface area contributed by atoms with Gasteiger partial charge in [-0.2, -0.15) is 5.10 Å². The lowest BCUT2D eigenvalue weighted by molar-refractivity contribution is 0.0945. The van der Waals surface area contributed by atoms with Crippen molar-refractivity contribution in [3.05, 3.63) is 53.7 Å². The fourth-order valence-corrected chi connectivity index (χ4v) is 4.01. The Labute approximate surface area is 163 Å². The summed E-state index contributed by atoms with van der Waals surface area (Å²) in [4.78, 5) is 13.1. The molecule has 2 aromatic rings. The van der Waals surface area contributed by atoms with Crippen LogP contribution in [0.5, 0.6) is 0 Å². The highest BCUT2D eigenvalue weighted by Gasteiger charge is 2.35. The van der Waals surface area contributed by atoms with Crippen molar-refractivity contribution < 1.29 is 4.79 Å². The summed E-state index contributed by atoms with van der Waals surface area (Å²) >= 11 is 0.